The molecule has 18 heavy (non-hydrogen) atoms. The highest BCUT2D eigenvalue weighted by atomic mass is 32.1. The van der Waals surface area contributed by atoms with Crippen molar-refractivity contribution in [3.63, 3.8) is 0 Å². The summed E-state index contributed by atoms with van der Waals surface area (Å²) in [4.78, 5) is 0.937. The van der Waals surface area contributed by atoms with Crippen molar-refractivity contribution in [3.8, 4) is 6.07 Å². The molecule has 0 aliphatic heterocycles. The van der Waals surface area contributed by atoms with Crippen molar-refractivity contribution in [2.24, 2.45) is 0 Å². The highest BCUT2D eigenvalue weighted by Gasteiger charge is 2.17. The number of aliphatic hydroxyl groups is 1. The molecule has 0 saturated heterocycles. The van der Waals surface area contributed by atoms with Gasteiger partial charge in [-0.1, -0.05) is 30.3 Å². The number of aliphatic hydroxyl groups excluding tert-OH is 1. The second-order valence-corrected chi connectivity index (χ2v) is 4.88. The topological polar surface area (TPSA) is 56.9 Å². The van der Waals surface area contributed by atoms with Crippen LogP contribution in [-0.4, -0.2) is 9.48 Å². The monoisotopic (exact) mass is 256 g/mol. The van der Waals surface area contributed by atoms with Crippen LogP contribution < -0.4 is 0 Å². The Balaban J connectivity index is 2.63. The maximum atomic E-state index is 10.2. The molecule has 2 aromatic rings. The van der Waals surface area contributed by atoms with E-state index in [0.29, 0.717) is 5.56 Å². The molecule has 0 bridgehead atoms. The van der Waals surface area contributed by atoms with E-state index in [0.717, 1.165) is 16.1 Å². The van der Waals surface area contributed by atoms with Crippen LogP contribution in [0.15, 0.2) is 30.3 Å². The van der Waals surface area contributed by atoms with Crippen LogP contribution in [0.1, 0.15) is 21.7 Å². The third-order valence-electron chi connectivity index (χ3n) is 2.68. The van der Waals surface area contributed by atoms with Crippen molar-refractivity contribution in [2.75, 3.05) is 0 Å². The molecule has 1 aromatic carbocycles. The first-order chi connectivity index (χ1) is 8.65. The van der Waals surface area contributed by atoms with E-state index in [1.165, 1.54) is 11.5 Å². The molecule has 0 aliphatic carbocycles. The minimum Gasteiger partial charge on any atom is -0.506 e. The fourth-order valence-electron chi connectivity index (χ4n) is 1.81. The molecular weight excluding hydrogens is 244 g/mol. The average molecular weight is 256 g/mol. The van der Waals surface area contributed by atoms with Gasteiger partial charge in [0.25, 0.3) is 0 Å². The summed E-state index contributed by atoms with van der Waals surface area (Å²) in [5.74, 6) is 0.00417. The van der Waals surface area contributed by atoms with Crippen molar-refractivity contribution in [1.82, 2.24) is 4.37 Å². The summed E-state index contributed by atoms with van der Waals surface area (Å²) in [6, 6.07) is 11.1. The maximum absolute atomic E-state index is 10.2. The fourth-order valence-corrected chi connectivity index (χ4v) is 2.51. The van der Waals surface area contributed by atoms with Gasteiger partial charge in [-0.25, -0.2) is 0 Å². The van der Waals surface area contributed by atoms with Crippen LogP contribution in [0, 0.1) is 25.2 Å². The van der Waals surface area contributed by atoms with E-state index in [2.05, 4.69) is 10.4 Å². The van der Waals surface area contributed by atoms with Gasteiger partial charge in [-0.2, -0.15) is 9.64 Å². The molecule has 0 aliphatic rings. The SMILES string of the molecule is Cc1nsc(C)c1/C(C#N)=C(\O)c1ccccc1. The van der Waals surface area contributed by atoms with Gasteiger partial charge in [-0.05, 0) is 25.4 Å². The third-order valence-corrected chi connectivity index (χ3v) is 3.52. The van der Waals surface area contributed by atoms with Gasteiger partial charge in [0.05, 0.1) is 5.69 Å². The maximum Gasteiger partial charge on any atom is 0.141 e. The van der Waals surface area contributed by atoms with Crippen LogP contribution in [-0.2, 0) is 0 Å². The zero-order chi connectivity index (χ0) is 13.1. The van der Waals surface area contributed by atoms with Crippen LogP contribution in [0.4, 0.5) is 0 Å². The molecule has 1 heterocycles. The molecule has 0 fully saturated rings. The fraction of sp³-hybridized carbons (Fsp3) is 0.143. The zero-order valence-corrected chi connectivity index (χ0v) is 11.0. The molecule has 4 heteroatoms. The molecule has 0 saturated carbocycles. The van der Waals surface area contributed by atoms with Gasteiger partial charge in [0.2, 0.25) is 0 Å². The van der Waals surface area contributed by atoms with Gasteiger partial charge in [0.1, 0.15) is 17.4 Å². The van der Waals surface area contributed by atoms with Crippen molar-refractivity contribution >= 4 is 22.9 Å². The van der Waals surface area contributed by atoms with Gasteiger partial charge in [-0.15, -0.1) is 0 Å². The van der Waals surface area contributed by atoms with E-state index >= 15 is 0 Å². The number of aromatic nitrogens is 1. The Morgan fingerprint density at radius 1 is 1.28 bits per heavy atom. The Morgan fingerprint density at radius 2 is 1.94 bits per heavy atom. The number of nitrogens with zero attached hydrogens (tertiary/aromatic N) is 2. The first-order valence-electron chi connectivity index (χ1n) is 5.47. The molecule has 0 radical (unpaired) electrons. The van der Waals surface area contributed by atoms with Crippen LogP contribution in [0.3, 0.4) is 0 Å². The summed E-state index contributed by atoms with van der Waals surface area (Å²) >= 11 is 1.34. The van der Waals surface area contributed by atoms with Gasteiger partial charge in [0.15, 0.2) is 0 Å². The number of hydrogen-bond donors (Lipinski definition) is 1. The van der Waals surface area contributed by atoms with E-state index < -0.39 is 0 Å². The third kappa shape index (κ3) is 2.13. The van der Waals surface area contributed by atoms with E-state index in [-0.39, 0.29) is 11.3 Å². The summed E-state index contributed by atoms with van der Waals surface area (Å²) in [5.41, 5.74) is 2.43. The highest BCUT2D eigenvalue weighted by Crippen LogP contribution is 2.30. The van der Waals surface area contributed by atoms with Crippen LogP contribution in [0.25, 0.3) is 11.3 Å². The van der Waals surface area contributed by atoms with Crippen molar-refractivity contribution in [1.29, 1.82) is 5.26 Å². The molecule has 90 valence electrons. The van der Waals surface area contributed by atoms with Gasteiger partial charge in [-0.3, -0.25) is 0 Å². The molecule has 0 unspecified atom stereocenters. The molecule has 2 rings (SSSR count). The van der Waals surface area contributed by atoms with Gasteiger partial charge >= 0.3 is 0 Å². The minimum absolute atomic E-state index is 0.00417. The Bertz CT molecular complexity index is 616. The Hall–Kier alpha value is -2.12. The second-order valence-electron chi connectivity index (χ2n) is 3.90. The largest absolute Gasteiger partial charge is 0.506 e. The molecular formula is C14H12N2OS. The first kappa shape index (κ1) is 12.3. The summed E-state index contributed by atoms with van der Waals surface area (Å²) in [6.07, 6.45) is 0. The molecule has 0 atom stereocenters. The van der Waals surface area contributed by atoms with Gasteiger partial charge < -0.3 is 5.11 Å². The predicted molar refractivity (Wildman–Crippen MR) is 73.1 cm³/mol. The lowest BCUT2D eigenvalue weighted by molar-refractivity contribution is 0.514. The van der Waals surface area contributed by atoms with E-state index in [1.807, 2.05) is 32.0 Å². The summed E-state index contributed by atoms with van der Waals surface area (Å²) in [5, 5.41) is 19.5. The number of nitriles is 1. The van der Waals surface area contributed by atoms with Crippen LogP contribution >= 0.6 is 11.5 Å². The van der Waals surface area contributed by atoms with E-state index in [9.17, 15) is 10.4 Å². The van der Waals surface area contributed by atoms with E-state index in [4.69, 9.17) is 0 Å². The predicted octanol–water partition coefficient (Wildman–Crippen LogP) is 3.71. The van der Waals surface area contributed by atoms with E-state index in [1.54, 1.807) is 12.1 Å². The Morgan fingerprint density at radius 3 is 2.44 bits per heavy atom. The van der Waals surface area contributed by atoms with Crippen molar-refractivity contribution < 1.29 is 5.11 Å². The Labute approximate surface area is 110 Å². The quantitative estimate of drug-likeness (QED) is 0.658. The number of rotatable bonds is 2. The van der Waals surface area contributed by atoms with Gasteiger partial charge in [0, 0.05) is 16.0 Å². The summed E-state index contributed by atoms with van der Waals surface area (Å²) in [7, 11) is 0. The van der Waals surface area contributed by atoms with Crippen LogP contribution in [0.5, 0.6) is 0 Å². The number of aryl methyl sites for hydroxylation is 2. The average Bonchev–Trinajstić information content (AvgIpc) is 2.72. The molecule has 3 nitrogen and oxygen atoms in total. The first-order valence-corrected chi connectivity index (χ1v) is 6.24. The molecule has 0 spiro atoms. The summed E-state index contributed by atoms with van der Waals surface area (Å²) in [6.45, 7) is 3.74. The smallest absolute Gasteiger partial charge is 0.141 e. The lowest BCUT2D eigenvalue weighted by atomic mass is 10.0. The normalized spacial score (nSPS) is 11.8. The second kappa shape index (κ2) is 5.03. The zero-order valence-electron chi connectivity index (χ0n) is 10.1. The lowest BCUT2D eigenvalue weighted by Gasteiger charge is -2.05. The lowest BCUT2D eigenvalue weighted by Crippen LogP contribution is -1.92. The molecule has 0 amide bonds. The van der Waals surface area contributed by atoms with Crippen LogP contribution in [0.2, 0.25) is 0 Å². The number of benzene rings is 1. The molecule has 1 N–H and O–H groups in total. The minimum atomic E-state index is 0.00417. The van der Waals surface area contributed by atoms with Crippen molar-refractivity contribution in [3.05, 3.63) is 52.0 Å². The standard InChI is InChI=1S/C14H12N2OS/c1-9-13(10(2)18-16-9)12(8-15)14(17)11-6-4-3-5-7-11/h3-7,17H,1-2H3/b14-12-. The number of hydrogen-bond acceptors (Lipinski definition) is 4. The number of allylic oxidation sites excluding steroid dienone is 1. The van der Waals surface area contributed by atoms with Crippen molar-refractivity contribution in [2.45, 2.75) is 13.8 Å². The molecule has 1 aromatic heterocycles. The Kier molecular flexibility index (Phi) is 3.45. The highest BCUT2D eigenvalue weighted by molar-refractivity contribution is 7.06. The summed E-state index contributed by atoms with van der Waals surface area (Å²) < 4.78 is 4.21.